The van der Waals surface area contributed by atoms with Crippen LogP contribution in [0.15, 0.2) is 30.3 Å². The number of ketones is 1. The highest BCUT2D eigenvalue weighted by Gasteiger charge is 2.19. The lowest BCUT2D eigenvalue weighted by Crippen LogP contribution is -2.38. The summed E-state index contributed by atoms with van der Waals surface area (Å²) in [5, 5.41) is 2.76. The summed E-state index contributed by atoms with van der Waals surface area (Å²) in [7, 11) is 1.55. The first kappa shape index (κ1) is 21.6. The van der Waals surface area contributed by atoms with Crippen LogP contribution >= 0.6 is 11.3 Å². The Hall–Kier alpha value is -2.67. The largest absolute Gasteiger partial charge is 0.497 e. The minimum absolute atomic E-state index is 0.0351. The van der Waals surface area contributed by atoms with E-state index in [9.17, 15) is 14.4 Å². The van der Waals surface area contributed by atoms with E-state index in [0.29, 0.717) is 23.5 Å². The Morgan fingerprint density at radius 1 is 1.14 bits per heavy atom. The molecule has 0 radical (unpaired) electrons. The molecule has 0 spiro atoms. The highest BCUT2D eigenvalue weighted by Crippen LogP contribution is 2.22. The first-order valence-electron chi connectivity index (χ1n) is 9.16. The molecule has 0 aliphatic rings. The lowest BCUT2D eigenvalue weighted by Gasteiger charge is -2.20. The van der Waals surface area contributed by atoms with Gasteiger partial charge in [-0.3, -0.25) is 14.4 Å². The van der Waals surface area contributed by atoms with Gasteiger partial charge in [-0.25, -0.2) is 0 Å². The summed E-state index contributed by atoms with van der Waals surface area (Å²) in [6.07, 6.45) is 0.233. The van der Waals surface area contributed by atoms with E-state index >= 15 is 0 Å². The van der Waals surface area contributed by atoms with E-state index in [4.69, 9.17) is 4.74 Å². The molecule has 1 heterocycles. The van der Waals surface area contributed by atoms with Crippen LogP contribution in [0.2, 0.25) is 0 Å². The van der Waals surface area contributed by atoms with E-state index in [0.717, 1.165) is 9.75 Å². The number of amides is 2. The molecule has 150 valence electrons. The molecule has 0 fully saturated rings. The number of carbonyl (C=O) groups is 3. The Balaban J connectivity index is 1.89. The van der Waals surface area contributed by atoms with Crippen LogP contribution in [0.25, 0.3) is 0 Å². The van der Waals surface area contributed by atoms with E-state index in [1.807, 2.05) is 26.8 Å². The summed E-state index contributed by atoms with van der Waals surface area (Å²) in [5.74, 6) is 0.103. The number of carbonyl (C=O) groups excluding carboxylic acids is 3. The number of benzene rings is 1. The highest BCUT2D eigenvalue weighted by atomic mass is 32.1. The summed E-state index contributed by atoms with van der Waals surface area (Å²) in [6.45, 7) is 6.02. The fraction of sp³-hybridized carbons (Fsp3) is 0.381. The molecule has 0 unspecified atom stereocenters. The monoisotopic (exact) mass is 402 g/mol. The van der Waals surface area contributed by atoms with Gasteiger partial charge in [0.2, 0.25) is 11.8 Å². The first-order chi connectivity index (χ1) is 13.3. The Bertz CT molecular complexity index is 860. The van der Waals surface area contributed by atoms with E-state index in [2.05, 4.69) is 5.32 Å². The second-order valence-corrected chi connectivity index (χ2v) is 7.90. The number of thiophene rings is 1. The summed E-state index contributed by atoms with van der Waals surface area (Å²) in [4.78, 5) is 40.6. The maximum absolute atomic E-state index is 12.5. The molecule has 2 rings (SSSR count). The van der Waals surface area contributed by atoms with Crippen molar-refractivity contribution in [3.63, 3.8) is 0 Å². The maximum atomic E-state index is 12.5. The van der Waals surface area contributed by atoms with Crippen molar-refractivity contribution in [2.75, 3.05) is 25.5 Å². The van der Waals surface area contributed by atoms with Gasteiger partial charge in [0.25, 0.3) is 0 Å². The summed E-state index contributed by atoms with van der Waals surface area (Å²) < 4.78 is 5.13. The number of rotatable bonds is 9. The predicted octanol–water partition coefficient (Wildman–Crippen LogP) is 3.82. The standard InChI is InChI=1S/C21H26N2O4S/c1-5-23(13-20(25)22-16-7-6-8-17(12-16)27-4)21(26)10-9-19(24)18-11-14(2)28-15(18)3/h6-8,11-12H,5,9-10,13H2,1-4H3,(H,22,25). The highest BCUT2D eigenvalue weighted by molar-refractivity contribution is 7.12. The fourth-order valence-electron chi connectivity index (χ4n) is 2.87. The zero-order chi connectivity index (χ0) is 20.7. The van der Waals surface area contributed by atoms with Crippen LogP contribution in [0.4, 0.5) is 5.69 Å². The number of aryl methyl sites for hydroxylation is 2. The lowest BCUT2D eigenvalue weighted by atomic mass is 10.1. The zero-order valence-corrected chi connectivity index (χ0v) is 17.5. The van der Waals surface area contributed by atoms with E-state index < -0.39 is 0 Å². The summed E-state index contributed by atoms with van der Waals surface area (Å²) >= 11 is 1.58. The zero-order valence-electron chi connectivity index (χ0n) is 16.7. The number of nitrogens with zero attached hydrogens (tertiary/aromatic N) is 1. The normalized spacial score (nSPS) is 10.4. The molecule has 1 aromatic heterocycles. The molecule has 0 aliphatic heterocycles. The maximum Gasteiger partial charge on any atom is 0.243 e. The third kappa shape index (κ3) is 5.92. The molecule has 7 heteroatoms. The predicted molar refractivity (Wildman–Crippen MR) is 111 cm³/mol. The summed E-state index contributed by atoms with van der Waals surface area (Å²) in [5.41, 5.74) is 1.29. The number of nitrogens with one attached hydrogen (secondary N) is 1. The van der Waals surface area contributed by atoms with Gasteiger partial charge in [0.15, 0.2) is 5.78 Å². The number of hydrogen-bond acceptors (Lipinski definition) is 5. The van der Waals surface area contributed by atoms with Crippen LogP contribution in [0.1, 0.15) is 39.9 Å². The Kier molecular flexibility index (Phi) is 7.75. The minimum Gasteiger partial charge on any atom is -0.497 e. The Labute approximate surface area is 169 Å². The van der Waals surface area contributed by atoms with Crippen LogP contribution in [-0.4, -0.2) is 42.7 Å². The minimum atomic E-state index is -0.293. The third-order valence-electron chi connectivity index (χ3n) is 4.33. The quantitative estimate of drug-likeness (QED) is 0.647. The average molecular weight is 403 g/mol. The Morgan fingerprint density at radius 3 is 2.50 bits per heavy atom. The molecule has 0 saturated carbocycles. The van der Waals surface area contributed by atoms with Crippen molar-refractivity contribution in [3.8, 4) is 5.75 Å². The lowest BCUT2D eigenvalue weighted by molar-refractivity contribution is -0.134. The molecule has 2 amide bonds. The fourth-order valence-corrected chi connectivity index (χ4v) is 3.81. The molecule has 1 aromatic carbocycles. The SMILES string of the molecule is CCN(CC(=O)Nc1cccc(OC)c1)C(=O)CCC(=O)c1cc(C)sc1C. The second kappa shape index (κ2) is 10.0. The van der Waals surface area contributed by atoms with Crippen molar-refractivity contribution in [1.82, 2.24) is 4.90 Å². The number of anilines is 1. The van der Waals surface area contributed by atoms with Crippen LogP contribution < -0.4 is 10.1 Å². The molecule has 28 heavy (non-hydrogen) atoms. The van der Waals surface area contributed by atoms with Gasteiger partial charge in [0.05, 0.1) is 13.7 Å². The Morgan fingerprint density at radius 2 is 1.89 bits per heavy atom. The van der Waals surface area contributed by atoms with Crippen molar-refractivity contribution in [2.24, 2.45) is 0 Å². The number of hydrogen-bond donors (Lipinski definition) is 1. The topological polar surface area (TPSA) is 75.7 Å². The number of ether oxygens (including phenoxy) is 1. The van der Waals surface area contributed by atoms with Gasteiger partial charge in [0.1, 0.15) is 5.75 Å². The number of methoxy groups -OCH3 is 1. The van der Waals surface area contributed by atoms with Crippen LogP contribution in [0, 0.1) is 13.8 Å². The van der Waals surface area contributed by atoms with Crippen LogP contribution in [0.3, 0.4) is 0 Å². The molecule has 0 saturated heterocycles. The van der Waals surface area contributed by atoms with Gasteiger partial charge in [-0.1, -0.05) is 6.07 Å². The number of likely N-dealkylation sites (N-methyl/N-ethyl adjacent to an activating group) is 1. The van der Waals surface area contributed by atoms with E-state index in [1.165, 1.54) is 4.90 Å². The van der Waals surface area contributed by atoms with Crippen molar-refractivity contribution in [2.45, 2.75) is 33.6 Å². The number of Topliss-reactive ketones (excluding diaryl/α,β-unsaturated/α-hetero) is 1. The van der Waals surface area contributed by atoms with Gasteiger partial charge in [0, 0.05) is 46.5 Å². The van der Waals surface area contributed by atoms with Gasteiger partial charge in [-0.05, 0) is 39.0 Å². The molecule has 1 N–H and O–H groups in total. The smallest absolute Gasteiger partial charge is 0.243 e. The second-order valence-electron chi connectivity index (χ2n) is 6.44. The van der Waals surface area contributed by atoms with Gasteiger partial charge >= 0.3 is 0 Å². The first-order valence-corrected chi connectivity index (χ1v) is 9.97. The molecule has 0 aliphatic carbocycles. The van der Waals surface area contributed by atoms with Gasteiger partial charge in [-0.15, -0.1) is 11.3 Å². The van der Waals surface area contributed by atoms with E-state index in [-0.39, 0.29) is 37.0 Å². The summed E-state index contributed by atoms with van der Waals surface area (Å²) in [6, 6.07) is 8.89. The molecule has 0 bridgehead atoms. The van der Waals surface area contributed by atoms with Crippen molar-refractivity contribution in [1.29, 1.82) is 0 Å². The molecule has 6 nitrogen and oxygen atoms in total. The average Bonchev–Trinajstić information content (AvgIpc) is 3.02. The molecule has 2 aromatic rings. The van der Waals surface area contributed by atoms with Crippen LogP contribution in [0.5, 0.6) is 5.75 Å². The van der Waals surface area contributed by atoms with E-state index in [1.54, 1.807) is 42.7 Å². The molecule has 0 atom stereocenters. The van der Waals surface area contributed by atoms with Gasteiger partial charge in [-0.2, -0.15) is 0 Å². The van der Waals surface area contributed by atoms with Crippen molar-refractivity contribution in [3.05, 3.63) is 45.6 Å². The third-order valence-corrected chi connectivity index (χ3v) is 5.30. The van der Waals surface area contributed by atoms with Crippen molar-refractivity contribution < 1.29 is 19.1 Å². The van der Waals surface area contributed by atoms with Crippen LogP contribution in [-0.2, 0) is 9.59 Å². The van der Waals surface area contributed by atoms with Gasteiger partial charge < -0.3 is 15.0 Å². The molecular weight excluding hydrogens is 376 g/mol. The van der Waals surface area contributed by atoms with Crippen molar-refractivity contribution >= 4 is 34.6 Å². The molecular formula is C21H26N2O4S.